The zero-order valence-electron chi connectivity index (χ0n) is 22.0. The first-order valence-corrected chi connectivity index (χ1v) is 12.2. The summed E-state index contributed by atoms with van der Waals surface area (Å²) in [6.45, 7) is 4.27. The maximum absolute atomic E-state index is 13.6. The molecule has 2 amide bonds. The Morgan fingerprint density at radius 1 is 0.865 bits per heavy atom. The summed E-state index contributed by atoms with van der Waals surface area (Å²) in [4.78, 5) is 29.2. The van der Waals surface area contributed by atoms with Crippen LogP contribution in [0.25, 0.3) is 0 Å². The summed E-state index contributed by atoms with van der Waals surface area (Å²) in [5.74, 6) is 2.51. The highest BCUT2D eigenvalue weighted by molar-refractivity contribution is 6.05. The van der Waals surface area contributed by atoms with E-state index in [9.17, 15) is 9.59 Å². The normalized spacial score (nSPS) is 17.9. The molecule has 2 aliphatic rings. The van der Waals surface area contributed by atoms with Crippen molar-refractivity contribution in [3.05, 3.63) is 47.5 Å². The zero-order valence-corrected chi connectivity index (χ0v) is 22.0. The number of hydrogen-bond donors (Lipinski definition) is 0. The number of rotatable bonds is 8. The van der Waals surface area contributed by atoms with E-state index in [1.54, 1.807) is 51.3 Å². The molecule has 2 aromatic carbocycles. The molecular weight excluding hydrogens is 476 g/mol. The predicted octanol–water partition coefficient (Wildman–Crippen LogP) is 2.56. The number of nitrogens with zero attached hydrogens (tertiary/aromatic N) is 4. The first-order valence-electron chi connectivity index (χ1n) is 12.2. The second-order valence-corrected chi connectivity index (χ2v) is 8.96. The van der Waals surface area contributed by atoms with Crippen LogP contribution in [-0.4, -0.2) is 93.5 Å². The van der Waals surface area contributed by atoms with Crippen LogP contribution < -0.4 is 18.9 Å². The summed E-state index contributed by atoms with van der Waals surface area (Å²) < 4.78 is 22.0. The molecule has 0 spiro atoms. The van der Waals surface area contributed by atoms with E-state index in [1.807, 2.05) is 30.3 Å². The van der Waals surface area contributed by atoms with Gasteiger partial charge in [0.2, 0.25) is 5.91 Å². The van der Waals surface area contributed by atoms with Crippen molar-refractivity contribution in [2.75, 3.05) is 61.2 Å². The second-order valence-electron chi connectivity index (χ2n) is 8.96. The fourth-order valence-electron chi connectivity index (χ4n) is 4.76. The van der Waals surface area contributed by atoms with Gasteiger partial charge in [0.15, 0.2) is 0 Å². The van der Waals surface area contributed by atoms with Gasteiger partial charge >= 0.3 is 0 Å². The standard InChI is InChI=1S/C27H34N4O6/c1-18(32)30-12-10-29(11-13-30)17-27(33)31-24(22-9-7-20(35-3)15-26(22)37-5)16-23(28-31)21-8-6-19(34-2)14-25(21)36-4/h6-9,14-15,24H,10-13,16-17H2,1-5H3/t24-/m1/s1. The highest BCUT2D eigenvalue weighted by atomic mass is 16.5. The molecule has 0 aromatic heterocycles. The van der Waals surface area contributed by atoms with Crippen LogP contribution >= 0.6 is 0 Å². The SMILES string of the molecule is COc1ccc(C2=NN(C(=O)CN3CCN(C(C)=O)CC3)[C@@H](c3ccc(OC)cc3OC)C2)c(OC)c1. The highest BCUT2D eigenvalue weighted by Crippen LogP contribution is 2.40. The van der Waals surface area contributed by atoms with Crippen LogP contribution in [0.1, 0.15) is 30.5 Å². The number of carbonyl (C=O) groups excluding carboxylic acids is 2. The number of benzene rings is 2. The summed E-state index contributed by atoms with van der Waals surface area (Å²) in [5.41, 5.74) is 2.37. The van der Waals surface area contributed by atoms with E-state index >= 15 is 0 Å². The van der Waals surface area contributed by atoms with Gasteiger partial charge in [-0.1, -0.05) is 0 Å². The third-order valence-electron chi connectivity index (χ3n) is 6.86. The topological polar surface area (TPSA) is 93.1 Å². The first-order chi connectivity index (χ1) is 17.9. The molecule has 2 aliphatic heterocycles. The van der Waals surface area contributed by atoms with Gasteiger partial charge in [-0.05, 0) is 24.3 Å². The molecule has 10 heteroatoms. The van der Waals surface area contributed by atoms with E-state index in [-0.39, 0.29) is 24.4 Å². The molecule has 0 bridgehead atoms. The molecule has 198 valence electrons. The van der Waals surface area contributed by atoms with Gasteiger partial charge < -0.3 is 23.8 Å². The van der Waals surface area contributed by atoms with E-state index in [0.29, 0.717) is 55.6 Å². The monoisotopic (exact) mass is 510 g/mol. The molecule has 4 rings (SSSR count). The van der Waals surface area contributed by atoms with Crippen LogP contribution in [0.3, 0.4) is 0 Å². The predicted molar refractivity (Wildman–Crippen MR) is 139 cm³/mol. The summed E-state index contributed by atoms with van der Waals surface area (Å²) >= 11 is 0. The number of amides is 2. The third kappa shape index (κ3) is 5.64. The Morgan fingerprint density at radius 3 is 2.08 bits per heavy atom. The summed E-state index contributed by atoms with van der Waals surface area (Å²) in [6.07, 6.45) is 0.481. The van der Waals surface area contributed by atoms with Crippen LogP contribution in [0.15, 0.2) is 41.5 Å². The molecule has 10 nitrogen and oxygen atoms in total. The van der Waals surface area contributed by atoms with Crippen LogP contribution in [-0.2, 0) is 9.59 Å². The van der Waals surface area contributed by atoms with Crippen LogP contribution in [0.2, 0.25) is 0 Å². The molecule has 0 saturated carbocycles. The lowest BCUT2D eigenvalue weighted by Crippen LogP contribution is -2.50. The fraction of sp³-hybridized carbons (Fsp3) is 0.444. The number of hydrogen-bond acceptors (Lipinski definition) is 8. The zero-order chi connectivity index (χ0) is 26.5. The van der Waals surface area contributed by atoms with E-state index in [4.69, 9.17) is 24.0 Å². The van der Waals surface area contributed by atoms with E-state index in [0.717, 1.165) is 16.8 Å². The smallest absolute Gasteiger partial charge is 0.257 e. The number of carbonyl (C=O) groups is 2. The summed E-state index contributed by atoms with van der Waals surface area (Å²) in [5, 5.41) is 6.36. The van der Waals surface area contributed by atoms with Gasteiger partial charge in [0.1, 0.15) is 23.0 Å². The number of methoxy groups -OCH3 is 4. The molecule has 2 aromatic rings. The van der Waals surface area contributed by atoms with Crippen molar-refractivity contribution in [2.24, 2.45) is 5.10 Å². The Labute approximate surface area is 217 Å². The minimum absolute atomic E-state index is 0.0554. The average Bonchev–Trinajstić information content (AvgIpc) is 3.37. The number of hydrazone groups is 1. The van der Waals surface area contributed by atoms with Crippen molar-refractivity contribution in [3.8, 4) is 23.0 Å². The Morgan fingerprint density at radius 2 is 1.49 bits per heavy atom. The summed E-state index contributed by atoms with van der Waals surface area (Å²) in [7, 11) is 6.40. The van der Waals surface area contributed by atoms with Gasteiger partial charge in [-0.15, -0.1) is 0 Å². The lowest BCUT2D eigenvalue weighted by Gasteiger charge is -2.34. The fourth-order valence-corrected chi connectivity index (χ4v) is 4.76. The lowest BCUT2D eigenvalue weighted by atomic mass is 9.97. The average molecular weight is 511 g/mol. The van der Waals surface area contributed by atoms with Crippen LogP contribution in [0.4, 0.5) is 0 Å². The third-order valence-corrected chi connectivity index (χ3v) is 6.86. The van der Waals surface area contributed by atoms with Crippen molar-refractivity contribution in [1.29, 1.82) is 0 Å². The van der Waals surface area contributed by atoms with Gasteiger partial charge in [0.05, 0.1) is 46.7 Å². The minimum atomic E-state index is -0.367. The molecule has 0 N–H and O–H groups in total. The molecule has 0 unspecified atom stereocenters. The van der Waals surface area contributed by atoms with Gasteiger partial charge in [-0.3, -0.25) is 14.5 Å². The first kappa shape index (κ1) is 26.3. The van der Waals surface area contributed by atoms with Crippen molar-refractivity contribution < 1.29 is 28.5 Å². The Kier molecular flexibility index (Phi) is 8.17. The Bertz CT molecular complexity index is 1180. The molecule has 2 heterocycles. The maximum Gasteiger partial charge on any atom is 0.257 e. The van der Waals surface area contributed by atoms with E-state index in [1.165, 1.54) is 0 Å². The van der Waals surface area contributed by atoms with Crippen LogP contribution in [0, 0.1) is 0 Å². The maximum atomic E-state index is 13.6. The molecule has 37 heavy (non-hydrogen) atoms. The van der Waals surface area contributed by atoms with Crippen molar-refractivity contribution in [3.63, 3.8) is 0 Å². The lowest BCUT2D eigenvalue weighted by molar-refractivity contribution is -0.135. The quantitative estimate of drug-likeness (QED) is 0.539. The molecule has 0 radical (unpaired) electrons. The molecular formula is C27H34N4O6. The van der Waals surface area contributed by atoms with E-state index < -0.39 is 0 Å². The van der Waals surface area contributed by atoms with Crippen LogP contribution in [0.5, 0.6) is 23.0 Å². The van der Waals surface area contributed by atoms with Gasteiger partial charge in [-0.25, -0.2) is 5.01 Å². The molecule has 1 fully saturated rings. The molecule has 1 saturated heterocycles. The highest BCUT2D eigenvalue weighted by Gasteiger charge is 2.36. The summed E-state index contributed by atoms with van der Waals surface area (Å²) in [6, 6.07) is 10.8. The molecule has 1 atom stereocenters. The second kappa shape index (κ2) is 11.5. The van der Waals surface area contributed by atoms with Gasteiger partial charge in [0, 0.05) is 62.8 Å². The van der Waals surface area contributed by atoms with Gasteiger partial charge in [0.25, 0.3) is 5.91 Å². The number of ether oxygens (including phenoxy) is 4. The number of piperazine rings is 1. The Balaban J connectivity index is 1.65. The minimum Gasteiger partial charge on any atom is -0.497 e. The Hall–Kier alpha value is -3.79. The molecule has 0 aliphatic carbocycles. The van der Waals surface area contributed by atoms with Gasteiger partial charge in [-0.2, -0.15) is 5.10 Å². The largest absolute Gasteiger partial charge is 0.497 e. The van der Waals surface area contributed by atoms with E-state index in [2.05, 4.69) is 4.90 Å². The van der Waals surface area contributed by atoms with Crippen molar-refractivity contribution in [1.82, 2.24) is 14.8 Å². The van der Waals surface area contributed by atoms with Crippen molar-refractivity contribution >= 4 is 17.5 Å². The van der Waals surface area contributed by atoms with Crippen molar-refractivity contribution in [2.45, 2.75) is 19.4 Å².